The van der Waals surface area contributed by atoms with E-state index < -0.39 is 0 Å². The second-order valence-corrected chi connectivity index (χ2v) is 7.30. The van der Waals surface area contributed by atoms with E-state index in [4.69, 9.17) is 0 Å². The molecule has 2 atom stereocenters. The number of benzene rings is 1. The van der Waals surface area contributed by atoms with Gasteiger partial charge in [0.25, 0.3) is 0 Å². The van der Waals surface area contributed by atoms with Gasteiger partial charge in [-0.2, -0.15) is 0 Å². The average Bonchev–Trinajstić information content (AvgIpc) is 3.10. The Hall–Kier alpha value is -1.41. The summed E-state index contributed by atoms with van der Waals surface area (Å²) in [6.07, 6.45) is 11.5. The lowest BCUT2D eigenvalue weighted by Gasteiger charge is -2.11. The maximum atomic E-state index is 4.45. The van der Waals surface area contributed by atoms with E-state index >= 15 is 0 Å². The van der Waals surface area contributed by atoms with Crippen LogP contribution in [0.1, 0.15) is 44.1 Å². The van der Waals surface area contributed by atoms with Gasteiger partial charge < -0.3 is 5.32 Å². The molecule has 1 aromatic heterocycles. The molecule has 1 saturated heterocycles. The van der Waals surface area contributed by atoms with Crippen molar-refractivity contribution in [2.45, 2.75) is 44.9 Å². The maximum absolute atomic E-state index is 4.45. The first-order valence-electron chi connectivity index (χ1n) is 8.91. The minimum absolute atomic E-state index is 0.737. The number of aromatic nitrogens is 1. The molecule has 4 rings (SSSR count). The molecule has 116 valence electrons. The number of piperidine rings is 1. The zero-order chi connectivity index (χ0) is 14.8. The van der Waals surface area contributed by atoms with E-state index in [9.17, 15) is 0 Å². The number of nitrogens with one attached hydrogen (secondary N) is 1. The van der Waals surface area contributed by atoms with E-state index in [0.717, 1.165) is 16.8 Å². The Morgan fingerprint density at radius 2 is 2.05 bits per heavy atom. The second kappa shape index (κ2) is 6.00. The van der Waals surface area contributed by atoms with E-state index in [1.165, 1.54) is 69.0 Å². The van der Waals surface area contributed by atoms with Gasteiger partial charge in [-0.15, -0.1) is 0 Å². The second-order valence-electron chi connectivity index (χ2n) is 7.30. The van der Waals surface area contributed by atoms with E-state index in [0.29, 0.717) is 0 Å². The Morgan fingerprint density at radius 3 is 2.91 bits per heavy atom. The average molecular weight is 294 g/mol. The van der Waals surface area contributed by atoms with Gasteiger partial charge in [-0.3, -0.25) is 4.98 Å². The lowest BCUT2D eigenvalue weighted by molar-refractivity contribution is 0.437. The predicted molar refractivity (Wildman–Crippen MR) is 91.9 cm³/mol. The predicted octanol–water partition coefficient (Wildman–Crippen LogP) is 4.34. The van der Waals surface area contributed by atoms with Gasteiger partial charge in [0.1, 0.15) is 0 Å². The van der Waals surface area contributed by atoms with Crippen molar-refractivity contribution in [3.63, 3.8) is 0 Å². The van der Waals surface area contributed by atoms with Crippen molar-refractivity contribution in [2.24, 2.45) is 11.3 Å². The van der Waals surface area contributed by atoms with Crippen LogP contribution >= 0.6 is 0 Å². The molecule has 22 heavy (non-hydrogen) atoms. The largest absolute Gasteiger partial charge is 0.316 e. The summed E-state index contributed by atoms with van der Waals surface area (Å²) in [6.45, 7) is 2.58. The first-order chi connectivity index (χ1) is 10.9. The zero-order valence-corrected chi connectivity index (χ0v) is 13.4. The first kappa shape index (κ1) is 14.2. The monoisotopic (exact) mass is 294 g/mol. The number of pyridine rings is 1. The Bertz CT molecular complexity index is 646. The van der Waals surface area contributed by atoms with Crippen LogP contribution in [0.3, 0.4) is 0 Å². The fraction of sp³-hybridized carbons (Fsp3) is 0.550. The smallest absolute Gasteiger partial charge is 0.0704 e. The third kappa shape index (κ3) is 2.77. The summed E-state index contributed by atoms with van der Waals surface area (Å²) in [5.41, 5.74) is 3.33. The van der Waals surface area contributed by atoms with Crippen molar-refractivity contribution in [1.29, 1.82) is 0 Å². The number of rotatable bonds is 7. The van der Waals surface area contributed by atoms with Crippen molar-refractivity contribution in [2.75, 3.05) is 13.1 Å². The molecule has 0 bridgehead atoms. The van der Waals surface area contributed by atoms with Crippen LogP contribution in [0.25, 0.3) is 10.9 Å². The SMILES string of the molecule is c1cc(CCCCCCC23CNCC2C3)c2cccnc2c1. The van der Waals surface area contributed by atoms with Crippen molar-refractivity contribution in [1.82, 2.24) is 10.3 Å². The Morgan fingerprint density at radius 1 is 1.09 bits per heavy atom. The van der Waals surface area contributed by atoms with Gasteiger partial charge in [0.15, 0.2) is 0 Å². The third-order valence-electron chi connectivity index (χ3n) is 5.83. The number of nitrogens with zero attached hydrogens (tertiary/aromatic N) is 1. The van der Waals surface area contributed by atoms with Gasteiger partial charge in [0, 0.05) is 18.1 Å². The highest BCUT2D eigenvalue weighted by atomic mass is 15.0. The van der Waals surface area contributed by atoms with E-state index in [2.05, 4.69) is 34.6 Å². The van der Waals surface area contributed by atoms with Gasteiger partial charge in [-0.25, -0.2) is 0 Å². The summed E-state index contributed by atoms with van der Waals surface area (Å²) in [7, 11) is 0. The minimum atomic E-state index is 0.737. The first-order valence-corrected chi connectivity index (χ1v) is 8.91. The van der Waals surface area contributed by atoms with Gasteiger partial charge in [0.2, 0.25) is 0 Å². The van der Waals surface area contributed by atoms with Crippen molar-refractivity contribution >= 4 is 10.9 Å². The highest BCUT2D eigenvalue weighted by molar-refractivity contribution is 5.81. The Labute approximate surface area is 133 Å². The van der Waals surface area contributed by atoms with Crippen LogP contribution in [0.5, 0.6) is 0 Å². The quantitative estimate of drug-likeness (QED) is 0.768. The molecular formula is C20H26N2. The number of aryl methyl sites for hydroxylation is 1. The maximum Gasteiger partial charge on any atom is 0.0704 e. The van der Waals surface area contributed by atoms with Gasteiger partial charge in [0.05, 0.1) is 5.52 Å². The fourth-order valence-corrected chi connectivity index (χ4v) is 4.36. The molecule has 1 N–H and O–H groups in total. The molecule has 2 aliphatic rings. The van der Waals surface area contributed by atoms with Crippen LogP contribution in [-0.2, 0) is 6.42 Å². The summed E-state index contributed by atoms with van der Waals surface area (Å²) in [5.74, 6) is 1.02. The third-order valence-corrected chi connectivity index (χ3v) is 5.83. The number of unbranched alkanes of at least 4 members (excludes halogenated alkanes) is 3. The van der Waals surface area contributed by atoms with E-state index in [-0.39, 0.29) is 0 Å². The van der Waals surface area contributed by atoms with Crippen LogP contribution in [0.15, 0.2) is 36.5 Å². The molecule has 1 aliphatic carbocycles. The Balaban J connectivity index is 1.21. The molecule has 0 amide bonds. The number of hydrogen-bond acceptors (Lipinski definition) is 2. The lowest BCUT2D eigenvalue weighted by atomic mass is 9.96. The van der Waals surface area contributed by atoms with E-state index in [1.54, 1.807) is 0 Å². The molecule has 2 heteroatoms. The van der Waals surface area contributed by atoms with Gasteiger partial charge in [-0.05, 0) is 61.3 Å². The summed E-state index contributed by atoms with van der Waals surface area (Å²) in [5, 5.41) is 4.88. The van der Waals surface area contributed by atoms with Crippen LogP contribution in [0.4, 0.5) is 0 Å². The molecule has 0 radical (unpaired) electrons. The summed E-state index contributed by atoms with van der Waals surface area (Å²) < 4.78 is 0. The molecule has 0 spiro atoms. The van der Waals surface area contributed by atoms with Crippen LogP contribution in [0.2, 0.25) is 0 Å². The molecule has 1 saturated carbocycles. The lowest BCUT2D eigenvalue weighted by Crippen LogP contribution is -2.16. The van der Waals surface area contributed by atoms with Crippen LogP contribution < -0.4 is 5.32 Å². The molecule has 2 nitrogen and oxygen atoms in total. The van der Waals surface area contributed by atoms with Gasteiger partial charge >= 0.3 is 0 Å². The fourth-order valence-electron chi connectivity index (χ4n) is 4.36. The van der Waals surface area contributed by atoms with Crippen LogP contribution in [-0.4, -0.2) is 18.1 Å². The zero-order valence-electron chi connectivity index (χ0n) is 13.4. The number of fused-ring (bicyclic) bond motifs is 2. The van der Waals surface area contributed by atoms with E-state index in [1.807, 2.05) is 12.3 Å². The molecule has 2 heterocycles. The van der Waals surface area contributed by atoms with Crippen molar-refractivity contribution in [3.05, 3.63) is 42.1 Å². The molecule has 2 unspecified atom stereocenters. The highest BCUT2D eigenvalue weighted by Gasteiger charge is 2.55. The standard InChI is InChI=1S/C20H26N2/c1(2-4-11-20-13-17(20)14-21-15-20)3-7-16-8-5-10-19-18(16)9-6-12-22-19/h5-6,8-10,12,17,21H,1-4,7,11,13-15H2. The molecule has 1 aromatic carbocycles. The molecule has 2 aromatic rings. The molecule has 2 fully saturated rings. The van der Waals surface area contributed by atoms with Gasteiger partial charge in [-0.1, -0.05) is 37.5 Å². The number of hydrogen-bond donors (Lipinski definition) is 1. The highest BCUT2D eigenvalue weighted by Crippen LogP contribution is 2.58. The molecular weight excluding hydrogens is 268 g/mol. The normalized spacial score (nSPS) is 26.3. The molecule has 1 aliphatic heterocycles. The topological polar surface area (TPSA) is 24.9 Å². The van der Waals surface area contributed by atoms with Crippen molar-refractivity contribution in [3.8, 4) is 0 Å². The summed E-state index contributed by atoms with van der Waals surface area (Å²) in [6, 6.07) is 10.8. The minimum Gasteiger partial charge on any atom is -0.316 e. The Kier molecular flexibility index (Phi) is 3.87. The summed E-state index contributed by atoms with van der Waals surface area (Å²) in [4.78, 5) is 4.45. The van der Waals surface area contributed by atoms with Crippen molar-refractivity contribution < 1.29 is 0 Å². The summed E-state index contributed by atoms with van der Waals surface area (Å²) >= 11 is 0. The van der Waals surface area contributed by atoms with Crippen LogP contribution in [0, 0.1) is 11.3 Å².